The molecule has 0 fully saturated rings. The van der Waals surface area contributed by atoms with Crippen molar-refractivity contribution in [1.29, 1.82) is 0 Å². The lowest BCUT2D eigenvalue weighted by molar-refractivity contribution is -0.112. The highest BCUT2D eigenvalue weighted by molar-refractivity contribution is 6.09. The topological polar surface area (TPSA) is 26.3 Å². The van der Waals surface area contributed by atoms with Gasteiger partial charge < -0.3 is 4.74 Å². The minimum absolute atomic E-state index is 0.171. The first-order chi connectivity index (χ1) is 9.31. The molecule has 0 radical (unpaired) electrons. The number of fused-ring (bicyclic) bond motifs is 4. The van der Waals surface area contributed by atoms with Crippen LogP contribution in [-0.2, 0) is 11.2 Å². The van der Waals surface area contributed by atoms with Crippen LogP contribution < -0.4 is 15.2 Å². The molecule has 0 aromatic heterocycles. The van der Waals surface area contributed by atoms with Gasteiger partial charge in [0.2, 0.25) is 0 Å². The Hall–Kier alpha value is -2.35. The molecule has 0 atom stereocenters. The molecule has 0 bridgehead atoms. The van der Waals surface area contributed by atoms with E-state index in [0.717, 1.165) is 28.4 Å². The van der Waals surface area contributed by atoms with Crippen LogP contribution in [0.5, 0.6) is 11.5 Å². The van der Waals surface area contributed by atoms with E-state index < -0.39 is 0 Å². The first kappa shape index (κ1) is 10.6. The average molecular weight is 248 g/mol. The maximum atomic E-state index is 11.5. The molecule has 0 spiro atoms. The Morgan fingerprint density at radius 1 is 1.00 bits per heavy atom. The quantitative estimate of drug-likeness (QED) is 0.607. The van der Waals surface area contributed by atoms with Gasteiger partial charge in [-0.05, 0) is 34.2 Å². The number of ketones is 1. The molecule has 1 heterocycles. The van der Waals surface area contributed by atoms with E-state index in [2.05, 4.69) is 6.07 Å². The highest BCUT2D eigenvalue weighted by atomic mass is 16.5. The van der Waals surface area contributed by atoms with Gasteiger partial charge in [0.25, 0.3) is 0 Å². The van der Waals surface area contributed by atoms with Gasteiger partial charge in [0, 0.05) is 18.4 Å². The zero-order chi connectivity index (χ0) is 12.8. The molecule has 19 heavy (non-hydrogen) atoms. The molecular weight excluding hydrogens is 236 g/mol. The SMILES string of the molecule is O=C1C=c2ccc3c(c2=CC1)Cc1ccccc1O3. The second kappa shape index (κ2) is 3.82. The number of hydrogen-bond acceptors (Lipinski definition) is 2. The van der Waals surface area contributed by atoms with Crippen LogP contribution in [0, 0.1) is 0 Å². The van der Waals surface area contributed by atoms with Crippen molar-refractivity contribution in [2.75, 3.05) is 0 Å². The molecule has 2 nitrogen and oxygen atoms in total. The third kappa shape index (κ3) is 1.60. The first-order valence-corrected chi connectivity index (χ1v) is 6.44. The normalized spacial score (nSPS) is 15.3. The number of carbonyl (C=O) groups excluding carboxylic acids is 1. The highest BCUT2D eigenvalue weighted by Crippen LogP contribution is 2.33. The standard InChI is InChI=1S/C17H12O2/c18-13-6-7-14-11(9-13)5-8-17-15(14)10-12-3-1-2-4-16(12)19-17/h1-5,7-9H,6,10H2. The molecule has 0 N–H and O–H groups in total. The summed E-state index contributed by atoms with van der Waals surface area (Å²) in [5.41, 5.74) is 2.40. The van der Waals surface area contributed by atoms with E-state index in [1.54, 1.807) is 6.08 Å². The molecule has 92 valence electrons. The van der Waals surface area contributed by atoms with Crippen molar-refractivity contribution in [3.05, 3.63) is 58.0 Å². The van der Waals surface area contributed by atoms with Crippen LogP contribution in [0.4, 0.5) is 0 Å². The summed E-state index contributed by atoms with van der Waals surface area (Å²) >= 11 is 0. The molecule has 1 aliphatic carbocycles. The minimum Gasteiger partial charge on any atom is -0.457 e. The summed E-state index contributed by atoms with van der Waals surface area (Å²) in [4.78, 5) is 11.5. The van der Waals surface area contributed by atoms with Gasteiger partial charge in [-0.1, -0.05) is 30.3 Å². The summed E-state index contributed by atoms with van der Waals surface area (Å²) < 4.78 is 5.95. The van der Waals surface area contributed by atoms with Crippen molar-refractivity contribution < 1.29 is 9.53 Å². The lowest BCUT2D eigenvalue weighted by atomic mass is 9.95. The third-order valence-corrected chi connectivity index (χ3v) is 3.73. The van der Waals surface area contributed by atoms with Gasteiger partial charge >= 0.3 is 0 Å². The smallest absolute Gasteiger partial charge is 0.160 e. The monoisotopic (exact) mass is 248 g/mol. The van der Waals surface area contributed by atoms with E-state index in [4.69, 9.17) is 4.74 Å². The molecule has 4 rings (SSSR count). The average Bonchev–Trinajstić information content (AvgIpc) is 2.44. The van der Waals surface area contributed by atoms with E-state index in [-0.39, 0.29) is 5.78 Å². The number of hydrogen-bond donors (Lipinski definition) is 0. The molecule has 2 aromatic carbocycles. The van der Waals surface area contributed by atoms with Crippen LogP contribution in [0.25, 0.3) is 12.2 Å². The summed E-state index contributed by atoms with van der Waals surface area (Å²) in [7, 11) is 0. The van der Waals surface area contributed by atoms with Gasteiger partial charge in [0.1, 0.15) is 11.5 Å². The molecule has 2 heteroatoms. The largest absolute Gasteiger partial charge is 0.457 e. The fourth-order valence-electron chi connectivity index (χ4n) is 2.80. The number of ether oxygens (including phenoxy) is 1. The zero-order valence-corrected chi connectivity index (χ0v) is 10.3. The van der Waals surface area contributed by atoms with Crippen molar-refractivity contribution in [2.24, 2.45) is 0 Å². The lowest BCUT2D eigenvalue weighted by Gasteiger charge is -2.21. The Morgan fingerprint density at radius 3 is 2.84 bits per heavy atom. The number of carbonyl (C=O) groups is 1. The molecule has 0 amide bonds. The van der Waals surface area contributed by atoms with Crippen molar-refractivity contribution in [2.45, 2.75) is 12.8 Å². The summed E-state index contributed by atoms with van der Waals surface area (Å²) in [6.45, 7) is 0. The summed E-state index contributed by atoms with van der Waals surface area (Å²) in [6, 6.07) is 12.0. The van der Waals surface area contributed by atoms with E-state index in [1.165, 1.54) is 11.1 Å². The van der Waals surface area contributed by atoms with Gasteiger partial charge in [-0.3, -0.25) is 4.79 Å². The van der Waals surface area contributed by atoms with E-state index in [0.29, 0.717) is 6.42 Å². The maximum Gasteiger partial charge on any atom is 0.160 e. The van der Waals surface area contributed by atoms with Gasteiger partial charge in [0.05, 0.1) is 0 Å². The number of para-hydroxylation sites is 1. The van der Waals surface area contributed by atoms with Gasteiger partial charge in [0.15, 0.2) is 5.78 Å². The molecule has 2 aliphatic rings. The summed E-state index contributed by atoms with van der Waals surface area (Å²) in [5.74, 6) is 2.02. The summed E-state index contributed by atoms with van der Waals surface area (Å²) in [6.07, 6.45) is 5.11. The molecule has 0 saturated heterocycles. The minimum atomic E-state index is 0.171. The Balaban J connectivity index is 1.97. The predicted molar refractivity (Wildman–Crippen MR) is 73.6 cm³/mol. The van der Waals surface area contributed by atoms with E-state index in [1.807, 2.05) is 36.4 Å². The van der Waals surface area contributed by atoms with E-state index in [9.17, 15) is 4.79 Å². The second-order valence-electron chi connectivity index (χ2n) is 4.95. The van der Waals surface area contributed by atoms with Crippen LogP contribution in [0.2, 0.25) is 0 Å². The summed E-state index contributed by atoms with van der Waals surface area (Å²) in [5, 5.41) is 2.17. The fourth-order valence-corrected chi connectivity index (χ4v) is 2.80. The lowest BCUT2D eigenvalue weighted by Crippen LogP contribution is -2.33. The van der Waals surface area contributed by atoms with Crippen LogP contribution in [0.1, 0.15) is 17.5 Å². The second-order valence-corrected chi connectivity index (χ2v) is 4.95. The molecule has 2 aromatic rings. The van der Waals surface area contributed by atoms with Crippen molar-refractivity contribution in [3.63, 3.8) is 0 Å². The molecule has 0 saturated carbocycles. The molecule has 0 unspecified atom stereocenters. The van der Waals surface area contributed by atoms with Crippen LogP contribution in [0.3, 0.4) is 0 Å². The van der Waals surface area contributed by atoms with Crippen LogP contribution in [0.15, 0.2) is 36.4 Å². The van der Waals surface area contributed by atoms with Gasteiger partial charge in [-0.2, -0.15) is 0 Å². The Morgan fingerprint density at radius 2 is 1.89 bits per heavy atom. The van der Waals surface area contributed by atoms with Crippen LogP contribution in [-0.4, -0.2) is 5.78 Å². The molecule has 1 aliphatic heterocycles. The van der Waals surface area contributed by atoms with Crippen LogP contribution >= 0.6 is 0 Å². The van der Waals surface area contributed by atoms with Crippen molar-refractivity contribution in [1.82, 2.24) is 0 Å². The van der Waals surface area contributed by atoms with Gasteiger partial charge in [-0.15, -0.1) is 0 Å². The number of Topliss-reactive ketones (excluding diaryl/α,β-unsaturated/α-hetero) is 1. The maximum absolute atomic E-state index is 11.5. The zero-order valence-electron chi connectivity index (χ0n) is 10.3. The predicted octanol–water partition coefficient (Wildman–Crippen LogP) is 1.92. The van der Waals surface area contributed by atoms with Crippen molar-refractivity contribution >= 4 is 17.9 Å². The third-order valence-electron chi connectivity index (χ3n) is 3.73. The van der Waals surface area contributed by atoms with Gasteiger partial charge in [-0.25, -0.2) is 0 Å². The fraction of sp³-hybridized carbons (Fsp3) is 0.118. The first-order valence-electron chi connectivity index (χ1n) is 6.44. The highest BCUT2D eigenvalue weighted by Gasteiger charge is 2.18. The Kier molecular flexibility index (Phi) is 2.12. The van der Waals surface area contributed by atoms with E-state index >= 15 is 0 Å². The Labute approximate surface area is 110 Å². The van der Waals surface area contributed by atoms with Crippen molar-refractivity contribution in [3.8, 4) is 11.5 Å². The number of rotatable bonds is 0. The Bertz CT molecular complexity index is 816. The number of benzene rings is 2. The molecular formula is C17H12O2.